The molecule has 0 spiro atoms. The van der Waals surface area contributed by atoms with Crippen molar-refractivity contribution in [3.63, 3.8) is 0 Å². The van der Waals surface area contributed by atoms with Crippen LogP contribution in [0.2, 0.25) is 0 Å². The topological polar surface area (TPSA) is 78.5 Å². The molecule has 2 aliphatic heterocycles. The fourth-order valence-electron chi connectivity index (χ4n) is 3.45. The van der Waals surface area contributed by atoms with Gasteiger partial charge in [0.25, 0.3) is 0 Å². The van der Waals surface area contributed by atoms with E-state index in [0.717, 1.165) is 25.5 Å². The van der Waals surface area contributed by atoms with Crippen LogP contribution in [0.1, 0.15) is 25.7 Å². The summed E-state index contributed by atoms with van der Waals surface area (Å²) in [5.41, 5.74) is 0. The second-order valence-electron chi connectivity index (χ2n) is 6.65. The predicted octanol–water partition coefficient (Wildman–Crippen LogP) is 1.52. The predicted molar refractivity (Wildman–Crippen MR) is 99.2 cm³/mol. The van der Waals surface area contributed by atoms with E-state index >= 15 is 0 Å². The minimum absolute atomic E-state index is 0. The lowest BCUT2D eigenvalue weighted by Crippen LogP contribution is -2.45. The van der Waals surface area contributed by atoms with Crippen LogP contribution >= 0.6 is 12.4 Å². The maximum atomic E-state index is 13.8. The normalized spacial score (nSPS) is 22.0. The molecule has 1 aromatic carbocycles. The maximum Gasteiger partial charge on any atom is 0.245 e. The van der Waals surface area contributed by atoms with E-state index in [1.165, 1.54) is 22.5 Å². The van der Waals surface area contributed by atoms with Gasteiger partial charge in [0.1, 0.15) is 10.7 Å². The number of sulfonamides is 1. The molecule has 0 aliphatic carbocycles. The summed E-state index contributed by atoms with van der Waals surface area (Å²) < 4.78 is 40.2. The minimum atomic E-state index is -3.85. The standard InChI is InChI=1S/C17H24FN3O3S.ClH/c18-15-5-1-2-6-16(15)25(23,24)21-10-7-13(8-11-21)17(22)20-12-14-4-3-9-19-14;/h1-2,5-6,13-14,19H,3-4,7-12H2,(H,20,22);1H. The summed E-state index contributed by atoms with van der Waals surface area (Å²) in [5.74, 6) is -0.948. The summed E-state index contributed by atoms with van der Waals surface area (Å²) in [7, 11) is -3.85. The maximum absolute atomic E-state index is 13.8. The fraction of sp³-hybridized carbons (Fsp3) is 0.588. The molecule has 0 bridgehead atoms. The van der Waals surface area contributed by atoms with Gasteiger partial charge in [-0.25, -0.2) is 12.8 Å². The van der Waals surface area contributed by atoms with Gasteiger partial charge >= 0.3 is 0 Å². The van der Waals surface area contributed by atoms with Crippen molar-refractivity contribution in [2.24, 2.45) is 5.92 Å². The van der Waals surface area contributed by atoms with Crippen molar-refractivity contribution in [1.82, 2.24) is 14.9 Å². The quantitative estimate of drug-likeness (QED) is 0.778. The zero-order valence-electron chi connectivity index (χ0n) is 14.5. The highest BCUT2D eigenvalue weighted by Gasteiger charge is 2.33. The number of piperidine rings is 1. The Labute approximate surface area is 160 Å². The van der Waals surface area contributed by atoms with Crippen molar-refractivity contribution >= 4 is 28.3 Å². The number of nitrogens with one attached hydrogen (secondary N) is 2. The van der Waals surface area contributed by atoms with Crippen molar-refractivity contribution in [1.29, 1.82) is 0 Å². The lowest BCUT2D eigenvalue weighted by atomic mass is 9.97. The molecule has 2 fully saturated rings. The first-order valence-corrected chi connectivity index (χ1v) is 10.2. The van der Waals surface area contributed by atoms with Crippen LogP contribution in [0.5, 0.6) is 0 Å². The van der Waals surface area contributed by atoms with E-state index in [0.29, 0.717) is 25.4 Å². The van der Waals surface area contributed by atoms with Gasteiger partial charge in [0.15, 0.2) is 0 Å². The Hall–Kier alpha value is -1.22. The molecule has 1 unspecified atom stereocenters. The van der Waals surface area contributed by atoms with Crippen molar-refractivity contribution < 1.29 is 17.6 Å². The van der Waals surface area contributed by atoms with Crippen LogP contribution in [-0.4, -0.2) is 50.9 Å². The SMILES string of the molecule is Cl.O=C(NCC1CCCN1)C1CCN(S(=O)(=O)c2ccccc2F)CC1. The van der Waals surface area contributed by atoms with Crippen molar-refractivity contribution in [2.75, 3.05) is 26.2 Å². The molecule has 6 nitrogen and oxygen atoms in total. The molecule has 2 N–H and O–H groups in total. The molecule has 9 heteroatoms. The highest BCUT2D eigenvalue weighted by Crippen LogP contribution is 2.25. The van der Waals surface area contributed by atoms with Gasteiger partial charge in [0.2, 0.25) is 15.9 Å². The Morgan fingerprint density at radius 1 is 1.23 bits per heavy atom. The molecule has 2 saturated heterocycles. The van der Waals surface area contributed by atoms with Crippen LogP contribution in [-0.2, 0) is 14.8 Å². The molecule has 3 rings (SSSR count). The number of hydrogen-bond donors (Lipinski definition) is 2. The number of carbonyl (C=O) groups excluding carboxylic acids is 1. The van der Waals surface area contributed by atoms with Crippen molar-refractivity contribution in [2.45, 2.75) is 36.6 Å². The second kappa shape index (κ2) is 9.12. The summed E-state index contributed by atoms with van der Waals surface area (Å²) in [4.78, 5) is 12.0. The van der Waals surface area contributed by atoms with Gasteiger partial charge in [0, 0.05) is 31.6 Å². The molecule has 2 aliphatic rings. The van der Waals surface area contributed by atoms with E-state index in [-0.39, 0.29) is 42.2 Å². The molecule has 0 aromatic heterocycles. The van der Waals surface area contributed by atoms with E-state index in [2.05, 4.69) is 10.6 Å². The van der Waals surface area contributed by atoms with Gasteiger partial charge in [0.05, 0.1) is 0 Å². The summed E-state index contributed by atoms with van der Waals surface area (Å²) >= 11 is 0. The number of nitrogens with zero attached hydrogens (tertiary/aromatic N) is 1. The first-order chi connectivity index (χ1) is 12.0. The molecule has 146 valence electrons. The Morgan fingerprint density at radius 2 is 1.92 bits per heavy atom. The summed E-state index contributed by atoms with van der Waals surface area (Å²) in [6.45, 7) is 2.08. The smallest absolute Gasteiger partial charge is 0.245 e. The fourth-order valence-corrected chi connectivity index (χ4v) is 4.99. The first kappa shape index (κ1) is 21.1. The molecule has 1 atom stereocenters. The van der Waals surface area contributed by atoms with Gasteiger partial charge in [-0.1, -0.05) is 12.1 Å². The van der Waals surface area contributed by atoms with E-state index < -0.39 is 15.8 Å². The third-order valence-electron chi connectivity index (χ3n) is 4.96. The lowest BCUT2D eigenvalue weighted by molar-refractivity contribution is -0.126. The highest BCUT2D eigenvalue weighted by molar-refractivity contribution is 7.89. The van der Waals surface area contributed by atoms with E-state index in [1.807, 2.05) is 0 Å². The van der Waals surface area contributed by atoms with Gasteiger partial charge in [-0.15, -0.1) is 12.4 Å². The number of hydrogen-bond acceptors (Lipinski definition) is 4. The average molecular weight is 406 g/mol. The molecule has 2 heterocycles. The van der Waals surface area contributed by atoms with E-state index in [4.69, 9.17) is 0 Å². The Bertz CT molecular complexity index is 718. The number of carbonyl (C=O) groups is 1. The van der Waals surface area contributed by atoms with E-state index in [1.54, 1.807) is 0 Å². The average Bonchev–Trinajstić information content (AvgIpc) is 3.13. The number of halogens is 2. The number of rotatable bonds is 5. The van der Waals surface area contributed by atoms with Gasteiger partial charge in [-0.3, -0.25) is 4.79 Å². The second-order valence-corrected chi connectivity index (χ2v) is 8.55. The summed E-state index contributed by atoms with van der Waals surface area (Å²) in [6.07, 6.45) is 3.11. The van der Waals surface area contributed by atoms with Crippen LogP contribution in [0.3, 0.4) is 0 Å². The molecule has 26 heavy (non-hydrogen) atoms. The van der Waals surface area contributed by atoms with Crippen LogP contribution in [0, 0.1) is 11.7 Å². The Kier molecular flexibility index (Phi) is 7.40. The summed E-state index contributed by atoms with van der Waals surface area (Å²) in [5, 5.41) is 6.29. The molecule has 0 saturated carbocycles. The monoisotopic (exact) mass is 405 g/mol. The highest BCUT2D eigenvalue weighted by atomic mass is 35.5. The van der Waals surface area contributed by atoms with Crippen molar-refractivity contribution in [3.05, 3.63) is 30.1 Å². The van der Waals surface area contributed by atoms with Gasteiger partial charge in [-0.05, 0) is 44.4 Å². The van der Waals surface area contributed by atoms with Crippen LogP contribution in [0.4, 0.5) is 4.39 Å². The zero-order chi connectivity index (χ0) is 17.9. The van der Waals surface area contributed by atoms with E-state index in [9.17, 15) is 17.6 Å². The van der Waals surface area contributed by atoms with Gasteiger partial charge in [-0.2, -0.15) is 4.31 Å². The molecule has 0 radical (unpaired) electrons. The molecular formula is C17H25ClFN3O3S. The number of benzene rings is 1. The molecular weight excluding hydrogens is 381 g/mol. The third kappa shape index (κ3) is 4.73. The summed E-state index contributed by atoms with van der Waals surface area (Å²) in [6, 6.07) is 5.73. The number of amides is 1. The van der Waals surface area contributed by atoms with Crippen LogP contribution < -0.4 is 10.6 Å². The molecule has 1 amide bonds. The Morgan fingerprint density at radius 3 is 2.54 bits per heavy atom. The lowest BCUT2D eigenvalue weighted by Gasteiger charge is -2.30. The third-order valence-corrected chi connectivity index (χ3v) is 6.90. The first-order valence-electron chi connectivity index (χ1n) is 8.74. The van der Waals surface area contributed by atoms with Crippen LogP contribution in [0.25, 0.3) is 0 Å². The molecule has 1 aromatic rings. The van der Waals surface area contributed by atoms with Crippen molar-refractivity contribution in [3.8, 4) is 0 Å². The zero-order valence-corrected chi connectivity index (χ0v) is 16.1. The largest absolute Gasteiger partial charge is 0.354 e. The Balaban J connectivity index is 0.00000243. The van der Waals surface area contributed by atoms with Crippen LogP contribution in [0.15, 0.2) is 29.2 Å². The van der Waals surface area contributed by atoms with Gasteiger partial charge < -0.3 is 10.6 Å². The minimum Gasteiger partial charge on any atom is -0.354 e.